The number of aliphatic hydroxyl groups is 3. The average Bonchev–Trinajstić information content (AvgIpc) is 3.90. The maximum absolute atomic E-state index is 11.8. The molecule has 2 saturated carbocycles. The summed E-state index contributed by atoms with van der Waals surface area (Å²) in [5.41, 5.74) is 7.14. The maximum atomic E-state index is 11.8. The number of sulfone groups is 1. The van der Waals surface area contributed by atoms with Gasteiger partial charge in [0.15, 0.2) is 24.0 Å². The van der Waals surface area contributed by atoms with Gasteiger partial charge in [-0.3, -0.25) is 0 Å². The molecule has 8 heterocycles. The van der Waals surface area contributed by atoms with Crippen LogP contribution in [0.5, 0.6) is 11.8 Å². The highest BCUT2D eigenvalue weighted by molar-refractivity contribution is 7.90. The van der Waals surface area contributed by atoms with Crippen molar-refractivity contribution < 1.29 is 52.2 Å². The SMILES string of the molecule is C.CC(O)C1(c2ccc(-c3nc4cc(O[C@@H]5CO[C@H]6[C@@H]5OC[C@H]6O)[nH]c4cc3Cl)cc2)CC1.C[C@]12OC[C@@H](Oc3cc4nc(-c5ccc(C6(CS(C)(=O)=O)CC6)cc5)c(Cl)cc4[nH]3)[C@H]1OC[C@H]2O. The Morgan fingerprint density at radius 3 is 1.82 bits per heavy atom. The molecular weight excluding hydrogens is 936 g/mol. The molecule has 0 spiro atoms. The Hall–Kier alpha value is -4.33. The summed E-state index contributed by atoms with van der Waals surface area (Å²) >= 11 is 13.2. The van der Waals surface area contributed by atoms with Crippen molar-refractivity contribution >= 4 is 55.1 Å². The number of pyridine rings is 2. The Balaban J connectivity index is 0.000000157. The number of benzene rings is 2. The van der Waals surface area contributed by atoms with Gasteiger partial charge in [0, 0.05) is 40.3 Å². The van der Waals surface area contributed by atoms with Gasteiger partial charge in [-0.05, 0) is 62.8 Å². The van der Waals surface area contributed by atoms with E-state index in [9.17, 15) is 23.7 Å². The minimum absolute atomic E-state index is 0. The second-order valence-corrected chi connectivity index (χ2v) is 22.3. The molecule has 12 rings (SSSR count). The number of aromatic amines is 2. The van der Waals surface area contributed by atoms with E-state index >= 15 is 0 Å². The minimum Gasteiger partial charge on any atom is -0.470 e. The molecular formula is C50H56Cl2N4O11S. The Labute approximate surface area is 404 Å². The first kappa shape index (κ1) is 47.4. The van der Waals surface area contributed by atoms with Gasteiger partial charge in [0.05, 0.1) is 81.8 Å². The van der Waals surface area contributed by atoms with E-state index in [1.165, 1.54) is 6.26 Å². The first-order valence-corrected chi connectivity index (χ1v) is 25.5. The van der Waals surface area contributed by atoms with Gasteiger partial charge in [0.1, 0.15) is 46.0 Å². The molecule has 362 valence electrons. The molecule has 6 fully saturated rings. The molecule has 15 nitrogen and oxygen atoms in total. The van der Waals surface area contributed by atoms with E-state index in [1.807, 2.05) is 74.5 Å². The van der Waals surface area contributed by atoms with Crippen molar-refractivity contribution in [2.45, 2.75) is 112 Å². The number of ether oxygens (including phenoxy) is 6. The van der Waals surface area contributed by atoms with Crippen LogP contribution in [0.3, 0.4) is 0 Å². The van der Waals surface area contributed by atoms with Crippen LogP contribution in [0, 0.1) is 0 Å². The number of rotatable bonds is 11. The van der Waals surface area contributed by atoms with Gasteiger partial charge < -0.3 is 53.7 Å². The van der Waals surface area contributed by atoms with E-state index in [1.54, 1.807) is 0 Å². The van der Waals surface area contributed by atoms with Crippen LogP contribution in [0.15, 0.2) is 72.8 Å². The fraction of sp³-hybridized carbons (Fsp3) is 0.480. The Bertz CT molecular complexity index is 2960. The highest BCUT2D eigenvalue weighted by atomic mass is 35.5. The molecule has 18 heteroatoms. The van der Waals surface area contributed by atoms with E-state index in [4.69, 9.17) is 61.6 Å². The number of hydrogen-bond donors (Lipinski definition) is 5. The third kappa shape index (κ3) is 8.58. The fourth-order valence-corrected chi connectivity index (χ4v) is 12.4. The van der Waals surface area contributed by atoms with Crippen molar-refractivity contribution in [3.63, 3.8) is 0 Å². The van der Waals surface area contributed by atoms with E-state index in [0.29, 0.717) is 51.9 Å². The molecule has 0 radical (unpaired) electrons. The monoisotopic (exact) mass is 990 g/mol. The summed E-state index contributed by atoms with van der Waals surface area (Å²) in [7, 11) is -3.06. The number of nitrogens with one attached hydrogen (secondary N) is 2. The molecule has 68 heavy (non-hydrogen) atoms. The van der Waals surface area contributed by atoms with Gasteiger partial charge in [-0.2, -0.15) is 0 Å². The van der Waals surface area contributed by atoms with Gasteiger partial charge in [-0.15, -0.1) is 0 Å². The Morgan fingerprint density at radius 2 is 1.29 bits per heavy atom. The molecule has 9 atom stereocenters. The predicted octanol–water partition coefficient (Wildman–Crippen LogP) is 7.09. The Kier molecular flexibility index (Phi) is 12.2. The zero-order chi connectivity index (χ0) is 46.6. The fourth-order valence-electron chi connectivity index (χ4n) is 10.4. The van der Waals surface area contributed by atoms with Crippen molar-refractivity contribution in [3.8, 4) is 34.3 Å². The highest BCUT2D eigenvalue weighted by Crippen LogP contribution is 2.52. The summed E-state index contributed by atoms with van der Waals surface area (Å²) < 4.78 is 58.7. The lowest BCUT2D eigenvalue weighted by molar-refractivity contribution is -0.0621. The number of nitrogens with zero attached hydrogens (tertiary/aromatic N) is 2. The molecule has 6 aliphatic rings. The standard InChI is InChI=1S/C25H27ClN2O6S.C24H25ClN2O5.CH4/c1-24-20(29)12-32-23(24)19(11-33-24)34-21-10-18-17(27-21)9-16(26)22(28-18)14-3-5-15(6-4-14)25(7-8-25)13-35(2,30)31;1-12(28)24(6-7-24)14-4-2-13(3-5-14)21-15(25)8-16-17(27-21)9-20(26-16)32-19-11-31-22-18(29)10-30-23(19)22;/h3-6,9-10,19-20,23,27,29H,7-8,11-13H2,1-2H3;2-5,8-9,12,18-19,22-23,26,28-29H,6-7,10-11H2,1H3;1H4/t19-,20-,23-,24-;12?,18-,19-,22-,23-;/m11./s1. The zero-order valence-corrected chi connectivity index (χ0v) is 39.4. The summed E-state index contributed by atoms with van der Waals surface area (Å²) in [5, 5.41) is 31.3. The van der Waals surface area contributed by atoms with Crippen LogP contribution in [0.2, 0.25) is 10.0 Å². The van der Waals surface area contributed by atoms with E-state index < -0.39 is 27.6 Å². The summed E-state index contributed by atoms with van der Waals surface area (Å²) in [6.07, 6.45) is 1.81. The molecule has 6 aromatic rings. The summed E-state index contributed by atoms with van der Waals surface area (Å²) in [5.74, 6) is 1.25. The molecule has 2 aliphatic carbocycles. The quantitative estimate of drug-likeness (QED) is 0.0880. The highest BCUT2D eigenvalue weighted by Gasteiger charge is 2.58. The van der Waals surface area contributed by atoms with Crippen molar-refractivity contribution in [1.29, 1.82) is 0 Å². The maximum Gasteiger partial charge on any atom is 0.193 e. The van der Waals surface area contributed by atoms with Crippen molar-refractivity contribution in [2.75, 3.05) is 38.4 Å². The molecule has 4 aliphatic heterocycles. The van der Waals surface area contributed by atoms with E-state index in [-0.39, 0.29) is 73.8 Å². The third-order valence-corrected chi connectivity index (χ3v) is 16.3. The number of fused-ring (bicyclic) bond motifs is 4. The second-order valence-electron chi connectivity index (χ2n) is 19.3. The summed E-state index contributed by atoms with van der Waals surface area (Å²) in [6, 6.07) is 23.3. The predicted molar refractivity (Wildman–Crippen MR) is 257 cm³/mol. The zero-order valence-electron chi connectivity index (χ0n) is 37.1. The van der Waals surface area contributed by atoms with Gasteiger partial charge in [-0.1, -0.05) is 79.2 Å². The van der Waals surface area contributed by atoms with Crippen molar-refractivity contribution in [2.24, 2.45) is 0 Å². The minimum atomic E-state index is -3.06. The number of aliphatic hydroxyl groups excluding tert-OH is 3. The topological polar surface area (TPSA) is 208 Å². The molecule has 5 N–H and O–H groups in total. The lowest BCUT2D eigenvalue weighted by Crippen LogP contribution is -2.45. The van der Waals surface area contributed by atoms with Gasteiger partial charge in [-0.25, -0.2) is 18.4 Å². The number of H-pyrrole nitrogens is 2. The molecule has 0 bridgehead atoms. The smallest absolute Gasteiger partial charge is 0.193 e. The number of aromatic nitrogens is 4. The Morgan fingerprint density at radius 1 is 0.750 bits per heavy atom. The van der Waals surface area contributed by atoms with Crippen LogP contribution < -0.4 is 9.47 Å². The van der Waals surface area contributed by atoms with Crippen LogP contribution in [-0.4, -0.2) is 137 Å². The number of halogens is 2. The van der Waals surface area contributed by atoms with Crippen LogP contribution in [0.25, 0.3) is 44.6 Å². The normalized spacial score (nSPS) is 28.9. The summed E-state index contributed by atoms with van der Waals surface area (Å²) in [4.78, 5) is 15.9. The molecule has 4 saturated heterocycles. The first-order valence-electron chi connectivity index (χ1n) is 22.7. The lowest BCUT2D eigenvalue weighted by atomic mass is 9.90. The molecule has 1 unspecified atom stereocenters. The van der Waals surface area contributed by atoms with E-state index in [0.717, 1.165) is 64.5 Å². The third-order valence-electron chi connectivity index (χ3n) is 14.6. The van der Waals surface area contributed by atoms with Crippen LogP contribution in [0.1, 0.15) is 58.1 Å². The number of hydrogen-bond acceptors (Lipinski definition) is 13. The van der Waals surface area contributed by atoms with E-state index in [2.05, 4.69) is 22.1 Å². The first-order chi connectivity index (χ1) is 32.0. The van der Waals surface area contributed by atoms with Crippen LogP contribution in [0.4, 0.5) is 0 Å². The molecule has 4 aromatic heterocycles. The molecule has 2 aromatic carbocycles. The summed E-state index contributed by atoms with van der Waals surface area (Å²) in [6.45, 7) is 4.87. The van der Waals surface area contributed by atoms with Crippen molar-refractivity contribution in [3.05, 3.63) is 94.0 Å². The van der Waals surface area contributed by atoms with Crippen LogP contribution in [-0.2, 0) is 39.6 Å². The van der Waals surface area contributed by atoms with Gasteiger partial charge in [0.25, 0.3) is 0 Å². The van der Waals surface area contributed by atoms with Gasteiger partial charge in [0.2, 0.25) is 0 Å². The van der Waals surface area contributed by atoms with Crippen molar-refractivity contribution in [1.82, 2.24) is 19.9 Å². The average molecular weight is 992 g/mol. The lowest BCUT2D eigenvalue weighted by Gasteiger charge is -2.25. The van der Waals surface area contributed by atoms with Gasteiger partial charge >= 0.3 is 0 Å². The van der Waals surface area contributed by atoms with Crippen LogP contribution >= 0.6 is 23.2 Å². The molecule has 0 amide bonds. The second kappa shape index (κ2) is 17.5. The largest absolute Gasteiger partial charge is 0.470 e.